The van der Waals surface area contributed by atoms with Crippen LogP contribution in [0.2, 0.25) is 0 Å². The first kappa shape index (κ1) is 15.6. The van der Waals surface area contributed by atoms with Crippen LogP contribution in [0.25, 0.3) is 6.08 Å². The van der Waals surface area contributed by atoms with E-state index in [0.717, 1.165) is 0 Å². The molecule has 22 heavy (non-hydrogen) atoms. The highest BCUT2D eigenvalue weighted by molar-refractivity contribution is 7.82. The fourth-order valence-electron chi connectivity index (χ4n) is 2.35. The number of hydrogen-bond acceptors (Lipinski definition) is 10. The number of fused-ring (bicyclic) bond motifs is 3. The highest BCUT2D eigenvalue weighted by atomic mass is 32.1. The maximum atomic E-state index is 13.0. The Hall–Kier alpha value is -1.26. The molecule has 0 aromatic carbocycles. The molecule has 0 spiro atoms. The highest BCUT2D eigenvalue weighted by Gasteiger charge is 2.57. The van der Waals surface area contributed by atoms with Crippen LogP contribution < -0.4 is 10.7 Å². The number of amidine groups is 1. The zero-order chi connectivity index (χ0) is 16.0. The molecule has 0 bridgehead atoms. The summed E-state index contributed by atoms with van der Waals surface area (Å²) in [6.07, 6.45) is 3.35. The number of rotatable bonds is 5. The second-order valence-corrected chi connectivity index (χ2v) is 7.39. The van der Waals surface area contributed by atoms with Crippen molar-refractivity contribution >= 4 is 32.1 Å². The van der Waals surface area contributed by atoms with E-state index in [9.17, 15) is 4.57 Å². The zero-order valence-corrected chi connectivity index (χ0v) is 13.8. The Morgan fingerprint density at radius 3 is 2.73 bits per heavy atom. The van der Waals surface area contributed by atoms with Gasteiger partial charge >= 0.3 is 7.60 Å². The molecule has 2 unspecified atom stereocenters. The third kappa shape index (κ3) is 2.20. The molecule has 0 radical (unpaired) electrons. The van der Waals surface area contributed by atoms with Crippen molar-refractivity contribution in [1.29, 1.82) is 0 Å². The summed E-state index contributed by atoms with van der Waals surface area (Å²) in [7, 11) is -3.60. The normalized spacial score (nSPS) is 26.8. The Balaban J connectivity index is 2.05. The number of aliphatic imine (C=N–C) groups is 1. The van der Waals surface area contributed by atoms with Crippen LogP contribution in [0, 0.1) is 0 Å². The minimum absolute atomic E-state index is 0.203. The van der Waals surface area contributed by atoms with E-state index in [-0.39, 0.29) is 13.2 Å². The molecule has 10 nitrogen and oxygen atoms in total. The minimum atomic E-state index is -3.60. The van der Waals surface area contributed by atoms with Gasteiger partial charge < -0.3 is 9.05 Å². The molecule has 0 saturated heterocycles. The Morgan fingerprint density at radius 2 is 2.09 bits per heavy atom. The number of aromatic nitrogens is 4. The summed E-state index contributed by atoms with van der Waals surface area (Å²) >= 11 is 4.45. The topological polar surface area (TPSA) is 121 Å². The quantitative estimate of drug-likeness (QED) is 0.440. The van der Waals surface area contributed by atoms with Gasteiger partial charge in [-0.25, -0.2) is 10.0 Å². The van der Waals surface area contributed by atoms with Crippen LogP contribution in [0.4, 0.5) is 0 Å². The molecule has 3 rings (SSSR count). The number of nitrogens with zero attached hydrogens (tertiary/aromatic N) is 6. The molecule has 1 aromatic rings. The zero-order valence-electron chi connectivity index (χ0n) is 12.0. The molecule has 0 amide bonds. The molecule has 0 saturated carbocycles. The van der Waals surface area contributed by atoms with Crippen molar-refractivity contribution in [1.82, 2.24) is 20.3 Å². The smallest absolute Gasteiger partial charge is 0.307 e. The van der Waals surface area contributed by atoms with Crippen LogP contribution in [0.15, 0.2) is 11.1 Å². The molecule has 1 aromatic heterocycles. The van der Waals surface area contributed by atoms with Gasteiger partial charge in [0.05, 0.1) is 13.2 Å². The van der Waals surface area contributed by atoms with Crippen LogP contribution in [-0.4, -0.2) is 50.1 Å². The molecule has 0 fully saturated rings. The Morgan fingerprint density at radius 1 is 1.41 bits per heavy atom. The second kappa shape index (κ2) is 5.43. The van der Waals surface area contributed by atoms with Gasteiger partial charge in [-0.05, 0) is 36.4 Å². The average Bonchev–Trinajstić information content (AvgIpc) is 3.01. The van der Waals surface area contributed by atoms with Gasteiger partial charge in [-0.1, -0.05) is 0 Å². The Kier molecular flexibility index (Phi) is 3.86. The van der Waals surface area contributed by atoms with Gasteiger partial charge in [0.1, 0.15) is 5.84 Å². The van der Waals surface area contributed by atoms with E-state index in [1.807, 2.05) is 0 Å². The first-order valence-corrected chi connectivity index (χ1v) is 8.74. The summed E-state index contributed by atoms with van der Waals surface area (Å²) in [5, 5.41) is 12.7. The van der Waals surface area contributed by atoms with E-state index in [1.54, 1.807) is 26.0 Å². The monoisotopic (exact) mass is 345 g/mol. The maximum Gasteiger partial charge on any atom is 0.359 e. The maximum absolute atomic E-state index is 13.0. The van der Waals surface area contributed by atoms with Crippen molar-refractivity contribution in [3.8, 4) is 0 Å². The molecule has 12 heteroatoms. The molecular weight excluding hydrogens is 329 g/mol. The van der Waals surface area contributed by atoms with Gasteiger partial charge in [0, 0.05) is 0 Å². The molecule has 120 valence electrons. The Bertz CT molecular complexity index is 678. The van der Waals surface area contributed by atoms with Crippen molar-refractivity contribution in [2.75, 3.05) is 18.2 Å². The molecule has 0 aliphatic carbocycles. The van der Waals surface area contributed by atoms with Crippen molar-refractivity contribution in [3.05, 3.63) is 11.9 Å². The fourth-order valence-corrected chi connectivity index (χ4v) is 4.93. The summed E-state index contributed by atoms with van der Waals surface area (Å²) in [4.78, 5) is 4.26. The van der Waals surface area contributed by atoms with Gasteiger partial charge in [0.2, 0.25) is 5.78 Å². The van der Waals surface area contributed by atoms with E-state index >= 15 is 0 Å². The standard InChI is InChI=1S/C10H16N7O3PS/c1-3-19-21(18,20-4-2)9-10(11,22)16-7(12-9)5-6-8-13-14-15-17(8)16/h5-6,9,22H,3-4,11H2,1-2H3. The van der Waals surface area contributed by atoms with Crippen LogP contribution in [0.1, 0.15) is 19.7 Å². The molecule has 2 atom stereocenters. The van der Waals surface area contributed by atoms with Gasteiger partial charge in [-0.2, -0.15) is 0 Å². The van der Waals surface area contributed by atoms with Gasteiger partial charge in [0.25, 0.3) is 0 Å². The Labute approximate surface area is 132 Å². The van der Waals surface area contributed by atoms with E-state index in [4.69, 9.17) is 14.8 Å². The van der Waals surface area contributed by atoms with Crippen molar-refractivity contribution in [3.63, 3.8) is 0 Å². The predicted molar refractivity (Wildman–Crippen MR) is 83.1 cm³/mol. The lowest BCUT2D eigenvalue weighted by molar-refractivity contribution is 0.207. The van der Waals surface area contributed by atoms with Gasteiger partial charge in [-0.3, -0.25) is 10.3 Å². The highest BCUT2D eigenvalue weighted by Crippen LogP contribution is 2.59. The minimum Gasteiger partial charge on any atom is -0.307 e. The molecule has 2 aliphatic heterocycles. The largest absolute Gasteiger partial charge is 0.359 e. The van der Waals surface area contributed by atoms with Crippen LogP contribution in [0.3, 0.4) is 0 Å². The van der Waals surface area contributed by atoms with E-state index in [1.165, 1.54) is 9.80 Å². The van der Waals surface area contributed by atoms with Crippen molar-refractivity contribution < 1.29 is 13.6 Å². The second-order valence-electron chi connectivity index (χ2n) is 4.59. The third-order valence-electron chi connectivity index (χ3n) is 3.16. The lowest BCUT2D eigenvalue weighted by Gasteiger charge is -2.36. The summed E-state index contributed by atoms with van der Waals surface area (Å²) < 4.78 is 23.7. The van der Waals surface area contributed by atoms with E-state index < -0.39 is 18.4 Å². The average molecular weight is 345 g/mol. The van der Waals surface area contributed by atoms with Crippen molar-refractivity contribution in [2.45, 2.75) is 24.6 Å². The first-order valence-electron chi connectivity index (χ1n) is 6.69. The van der Waals surface area contributed by atoms with E-state index in [2.05, 4.69) is 33.1 Å². The lowest BCUT2D eigenvalue weighted by Crippen LogP contribution is -2.62. The molecule has 2 N–H and O–H groups in total. The van der Waals surface area contributed by atoms with Crippen LogP contribution >= 0.6 is 20.2 Å². The SMILES string of the molecule is CCOP(=O)(OCC)C1N=C2C=Cc3nnnn3N2C1(N)S. The molecule has 2 aliphatic rings. The van der Waals surface area contributed by atoms with Crippen molar-refractivity contribution in [2.24, 2.45) is 10.7 Å². The third-order valence-corrected chi connectivity index (χ3v) is 6.14. The van der Waals surface area contributed by atoms with E-state index in [0.29, 0.717) is 11.7 Å². The van der Waals surface area contributed by atoms with Crippen LogP contribution in [0.5, 0.6) is 0 Å². The number of hydrogen-bond donors (Lipinski definition) is 2. The van der Waals surface area contributed by atoms with Crippen LogP contribution in [-0.2, 0) is 13.6 Å². The molecule has 3 heterocycles. The summed E-state index contributed by atoms with van der Waals surface area (Å²) in [6.45, 7) is 3.84. The van der Waals surface area contributed by atoms with Gasteiger partial charge in [-0.15, -0.1) is 22.5 Å². The number of tetrazole rings is 1. The summed E-state index contributed by atoms with van der Waals surface area (Å²) in [5.41, 5.74) is 6.29. The predicted octanol–water partition coefficient (Wildman–Crippen LogP) is 0.185. The fraction of sp³-hybridized carbons (Fsp3) is 0.600. The number of nitrogens with two attached hydrogens (primary N) is 1. The summed E-state index contributed by atoms with van der Waals surface area (Å²) in [6, 6.07) is 0. The molecular formula is C10H16N7O3PS. The first-order chi connectivity index (χ1) is 10.4. The number of thiol groups is 1. The summed E-state index contributed by atoms with van der Waals surface area (Å²) in [5.74, 6) is -0.119. The lowest BCUT2D eigenvalue weighted by atomic mass is 10.4. The van der Waals surface area contributed by atoms with Gasteiger partial charge in [0.15, 0.2) is 10.8 Å².